The lowest BCUT2D eigenvalue weighted by Crippen LogP contribution is -2.26. The zero-order valence-corrected chi connectivity index (χ0v) is 9.74. The summed E-state index contributed by atoms with van der Waals surface area (Å²) in [6, 6.07) is 1.92. The van der Waals surface area contributed by atoms with E-state index < -0.39 is 0 Å². The number of likely N-dealkylation sites (tertiary alicyclic amines) is 1. The van der Waals surface area contributed by atoms with Gasteiger partial charge in [-0.1, -0.05) is 0 Å². The van der Waals surface area contributed by atoms with Gasteiger partial charge in [0.15, 0.2) is 0 Å². The van der Waals surface area contributed by atoms with Gasteiger partial charge in [-0.3, -0.25) is 0 Å². The molecule has 16 heavy (non-hydrogen) atoms. The highest BCUT2D eigenvalue weighted by Gasteiger charge is 2.10. The number of nitrogens with zero attached hydrogens (tertiary/aromatic N) is 3. The fraction of sp³-hybridized carbons (Fsp3) is 0.636. The molecule has 1 aliphatic heterocycles. The largest absolute Gasteiger partial charge is 0.369 e. The maximum Gasteiger partial charge on any atom is 0.222 e. The molecule has 0 amide bonds. The first kappa shape index (κ1) is 11.1. The van der Waals surface area contributed by atoms with Crippen LogP contribution in [-0.2, 0) is 0 Å². The summed E-state index contributed by atoms with van der Waals surface area (Å²) >= 11 is 0. The van der Waals surface area contributed by atoms with Crippen LogP contribution in [0.5, 0.6) is 0 Å². The van der Waals surface area contributed by atoms with E-state index in [4.69, 9.17) is 5.73 Å². The van der Waals surface area contributed by atoms with Gasteiger partial charge >= 0.3 is 0 Å². The minimum absolute atomic E-state index is 0.337. The van der Waals surface area contributed by atoms with Gasteiger partial charge in [0.1, 0.15) is 5.82 Å². The maximum atomic E-state index is 5.58. The second kappa shape index (κ2) is 5.12. The second-order valence-corrected chi connectivity index (χ2v) is 4.23. The van der Waals surface area contributed by atoms with Crippen LogP contribution in [0.15, 0.2) is 6.07 Å². The van der Waals surface area contributed by atoms with Crippen molar-refractivity contribution in [1.29, 1.82) is 0 Å². The molecule has 0 saturated carbocycles. The van der Waals surface area contributed by atoms with E-state index in [1.165, 1.54) is 25.9 Å². The molecule has 88 valence electrons. The number of hydrogen-bond acceptors (Lipinski definition) is 5. The Balaban J connectivity index is 1.80. The number of anilines is 2. The van der Waals surface area contributed by atoms with Crippen molar-refractivity contribution in [3.8, 4) is 0 Å². The number of aryl methyl sites for hydroxylation is 1. The molecule has 0 aliphatic carbocycles. The molecule has 2 heterocycles. The van der Waals surface area contributed by atoms with E-state index in [0.717, 1.165) is 24.6 Å². The van der Waals surface area contributed by atoms with Crippen LogP contribution in [0.25, 0.3) is 0 Å². The normalized spacial score (nSPS) is 16.6. The summed E-state index contributed by atoms with van der Waals surface area (Å²) in [4.78, 5) is 10.6. The number of rotatable bonds is 4. The molecule has 1 fully saturated rings. The third kappa shape index (κ3) is 3.06. The van der Waals surface area contributed by atoms with Crippen molar-refractivity contribution in [2.24, 2.45) is 0 Å². The zero-order valence-electron chi connectivity index (χ0n) is 9.74. The first-order valence-corrected chi connectivity index (χ1v) is 5.81. The maximum absolute atomic E-state index is 5.58. The van der Waals surface area contributed by atoms with E-state index in [1.807, 2.05) is 13.0 Å². The average Bonchev–Trinajstić information content (AvgIpc) is 2.69. The Morgan fingerprint density at radius 3 is 2.81 bits per heavy atom. The Labute approximate surface area is 96.1 Å². The standard InChI is InChI=1S/C11H19N5/c1-9-8-10(15-11(12)14-9)13-4-7-16-5-2-3-6-16/h8H,2-7H2,1H3,(H3,12,13,14,15). The first-order valence-electron chi connectivity index (χ1n) is 5.81. The summed E-state index contributed by atoms with van der Waals surface area (Å²) in [5.41, 5.74) is 6.48. The van der Waals surface area contributed by atoms with Gasteiger partial charge in [-0.25, -0.2) is 4.98 Å². The van der Waals surface area contributed by atoms with Gasteiger partial charge in [0.05, 0.1) is 0 Å². The topological polar surface area (TPSA) is 67.1 Å². The number of aromatic nitrogens is 2. The van der Waals surface area contributed by atoms with Gasteiger partial charge < -0.3 is 16.0 Å². The molecule has 1 aromatic heterocycles. The monoisotopic (exact) mass is 221 g/mol. The summed E-state index contributed by atoms with van der Waals surface area (Å²) in [7, 11) is 0. The lowest BCUT2D eigenvalue weighted by atomic mass is 10.4. The van der Waals surface area contributed by atoms with Crippen LogP contribution in [0.3, 0.4) is 0 Å². The van der Waals surface area contributed by atoms with Gasteiger partial charge in [-0.2, -0.15) is 4.98 Å². The van der Waals surface area contributed by atoms with E-state index >= 15 is 0 Å². The van der Waals surface area contributed by atoms with E-state index in [0.29, 0.717) is 5.95 Å². The first-order chi connectivity index (χ1) is 7.74. The molecule has 0 atom stereocenters. The van der Waals surface area contributed by atoms with Gasteiger partial charge in [0, 0.05) is 24.8 Å². The van der Waals surface area contributed by atoms with Crippen LogP contribution >= 0.6 is 0 Å². The van der Waals surface area contributed by atoms with Crippen LogP contribution in [-0.4, -0.2) is 41.0 Å². The fourth-order valence-corrected chi connectivity index (χ4v) is 2.03. The smallest absolute Gasteiger partial charge is 0.222 e. The lowest BCUT2D eigenvalue weighted by molar-refractivity contribution is 0.352. The highest BCUT2D eigenvalue weighted by Crippen LogP contribution is 2.08. The predicted octanol–water partition coefficient (Wildman–Crippen LogP) is 0.875. The molecular formula is C11H19N5. The lowest BCUT2D eigenvalue weighted by Gasteiger charge is -2.15. The molecule has 5 heteroatoms. The van der Waals surface area contributed by atoms with Crippen LogP contribution in [0.2, 0.25) is 0 Å². The van der Waals surface area contributed by atoms with Crippen molar-refractivity contribution in [3.63, 3.8) is 0 Å². The van der Waals surface area contributed by atoms with Crippen LogP contribution in [0, 0.1) is 6.92 Å². The number of nitrogen functional groups attached to an aromatic ring is 1. The average molecular weight is 221 g/mol. The Morgan fingerprint density at radius 2 is 2.12 bits per heavy atom. The SMILES string of the molecule is Cc1cc(NCCN2CCCC2)nc(N)n1. The molecule has 0 spiro atoms. The third-order valence-electron chi connectivity index (χ3n) is 2.80. The molecule has 3 N–H and O–H groups in total. The van der Waals surface area contributed by atoms with Crippen molar-refractivity contribution in [2.75, 3.05) is 37.2 Å². The molecule has 1 aliphatic rings. The quantitative estimate of drug-likeness (QED) is 0.790. The van der Waals surface area contributed by atoms with E-state index in [-0.39, 0.29) is 0 Å². The number of nitrogens with two attached hydrogens (primary N) is 1. The highest BCUT2D eigenvalue weighted by molar-refractivity contribution is 5.40. The molecule has 0 radical (unpaired) electrons. The van der Waals surface area contributed by atoms with E-state index in [1.54, 1.807) is 0 Å². The Morgan fingerprint density at radius 1 is 1.38 bits per heavy atom. The van der Waals surface area contributed by atoms with Crippen LogP contribution < -0.4 is 11.1 Å². The predicted molar refractivity (Wildman–Crippen MR) is 65.3 cm³/mol. The molecular weight excluding hydrogens is 202 g/mol. The zero-order chi connectivity index (χ0) is 11.4. The summed E-state index contributed by atoms with van der Waals surface area (Å²) < 4.78 is 0. The van der Waals surface area contributed by atoms with Gasteiger partial charge in [-0.05, 0) is 32.9 Å². The molecule has 1 saturated heterocycles. The molecule has 5 nitrogen and oxygen atoms in total. The third-order valence-corrected chi connectivity index (χ3v) is 2.80. The molecule has 0 bridgehead atoms. The van der Waals surface area contributed by atoms with E-state index in [9.17, 15) is 0 Å². The van der Waals surface area contributed by atoms with Crippen LogP contribution in [0.1, 0.15) is 18.5 Å². The van der Waals surface area contributed by atoms with Gasteiger partial charge in [-0.15, -0.1) is 0 Å². The molecule has 2 rings (SSSR count). The number of hydrogen-bond donors (Lipinski definition) is 2. The molecule has 1 aromatic rings. The second-order valence-electron chi connectivity index (χ2n) is 4.23. The minimum Gasteiger partial charge on any atom is -0.369 e. The summed E-state index contributed by atoms with van der Waals surface area (Å²) in [5, 5.41) is 3.28. The van der Waals surface area contributed by atoms with E-state index in [2.05, 4.69) is 20.2 Å². The van der Waals surface area contributed by atoms with Crippen molar-refractivity contribution >= 4 is 11.8 Å². The van der Waals surface area contributed by atoms with Gasteiger partial charge in [0.25, 0.3) is 0 Å². The molecule has 0 unspecified atom stereocenters. The Bertz CT molecular complexity index is 326. The fourth-order valence-electron chi connectivity index (χ4n) is 2.03. The summed E-state index contributed by atoms with van der Waals surface area (Å²) in [6.07, 6.45) is 2.67. The van der Waals surface area contributed by atoms with Crippen molar-refractivity contribution in [3.05, 3.63) is 11.8 Å². The Kier molecular flexibility index (Phi) is 3.56. The van der Waals surface area contributed by atoms with Crippen molar-refractivity contribution in [1.82, 2.24) is 14.9 Å². The Hall–Kier alpha value is -1.36. The van der Waals surface area contributed by atoms with Crippen molar-refractivity contribution in [2.45, 2.75) is 19.8 Å². The van der Waals surface area contributed by atoms with Gasteiger partial charge in [0.2, 0.25) is 5.95 Å². The highest BCUT2D eigenvalue weighted by atomic mass is 15.2. The minimum atomic E-state index is 0.337. The summed E-state index contributed by atoms with van der Waals surface area (Å²) in [6.45, 7) is 6.36. The van der Waals surface area contributed by atoms with Crippen molar-refractivity contribution < 1.29 is 0 Å². The molecule has 0 aromatic carbocycles. The number of nitrogens with one attached hydrogen (secondary N) is 1. The summed E-state index contributed by atoms with van der Waals surface area (Å²) in [5.74, 6) is 1.16. The van der Waals surface area contributed by atoms with Crippen LogP contribution in [0.4, 0.5) is 11.8 Å².